The molecule has 0 radical (unpaired) electrons. The molecule has 28 heavy (non-hydrogen) atoms. The molecule has 1 aliphatic heterocycles. The van der Waals surface area contributed by atoms with Gasteiger partial charge >= 0.3 is 0 Å². The van der Waals surface area contributed by atoms with Gasteiger partial charge in [0, 0.05) is 46.3 Å². The summed E-state index contributed by atoms with van der Waals surface area (Å²) in [6, 6.07) is 13.3. The maximum absolute atomic E-state index is 12.5. The summed E-state index contributed by atoms with van der Waals surface area (Å²) in [6.07, 6.45) is -0.0972. The molecule has 0 bridgehead atoms. The maximum Gasteiger partial charge on any atom is 0.255 e. The van der Waals surface area contributed by atoms with E-state index in [2.05, 4.69) is 22.3 Å². The van der Waals surface area contributed by atoms with Crippen LogP contribution in [0, 0.1) is 0 Å². The van der Waals surface area contributed by atoms with E-state index < -0.39 is 0 Å². The van der Waals surface area contributed by atoms with Crippen molar-refractivity contribution < 1.29 is 14.6 Å². The van der Waals surface area contributed by atoms with Gasteiger partial charge in [-0.15, -0.1) is 0 Å². The molecule has 150 valence electrons. The van der Waals surface area contributed by atoms with E-state index in [-0.39, 0.29) is 23.3 Å². The molecule has 2 N–H and O–H groups in total. The highest BCUT2D eigenvalue weighted by Gasteiger charge is 2.22. The molecule has 6 nitrogen and oxygen atoms in total. The van der Waals surface area contributed by atoms with Crippen LogP contribution in [0.2, 0.25) is 5.02 Å². The fraction of sp³-hybridized carbons (Fsp3) is 0.381. The van der Waals surface area contributed by atoms with Crippen molar-refractivity contribution in [3.63, 3.8) is 0 Å². The number of carbonyl (C=O) groups excluding carboxylic acids is 1. The predicted molar refractivity (Wildman–Crippen MR) is 111 cm³/mol. The first-order valence-corrected chi connectivity index (χ1v) is 9.67. The molecule has 1 unspecified atom stereocenters. The largest absolute Gasteiger partial charge is 0.507 e. The molecule has 1 fully saturated rings. The van der Waals surface area contributed by atoms with Crippen LogP contribution >= 0.6 is 11.6 Å². The van der Waals surface area contributed by atoms with Crippen molar-refractivity contribution in [2.75, 3.05) is 45.2 Å². The van der Waals surface area contributed by atoms with Crippen LogP contribution in [0.4, 0.5) is 5.69 Å². The standard InChI is InChI=1S/C21H26ClN3O3/c1-24(2)19-11-20(26)17(10-18(19)22)21(27)23-12-16-14-25(8-9-28-16)13-15-6-4-3-5-7-15/h3-7,10-11,16,26H,8-9,12-14H2,1-2H3,(H,23,27). The summed E-state index contributed by atoms with van der Waals surface area (Å²) in [5, 5.41) is 13.5. The Morgan fingerprint density at radius 3 is 2.79 bits per heavy atom. The molecular formula is C21H26ClN3O3. The Kier molecular flexibility index (Phi) is 6.78. The predicted octanol–water partition coefficient (Wildman–Crippen LogP) is 2.74. The molecule has 3 rings (SSSR count). The molecule has 0 spiro atoms. The maximum atomic E-state index is 12.5. The second kappa shape index (κ2) is 9.28. The van der Waals surface area contributed by atoms with Gasteiger partial charge in [-0.3, -0.25) is 9.69 Å². The first-order chi connectivity index (χ1) is 13.4. The molecule has 1 atom stereocenters. The monoisotopic (exact) mass is 403 g/mol. The van der Waals surface area contributed by atoms with E-state index in [0.29, 0.717) is 23.9 Å². The normalized spacial score (nSPS) is 17.3. The van der Waals surface area contributed by atoms with Crippen molar-refractivity contribution in [1.29, 1.82) is 0 Å². The average Bonchev–Trinajstić information content (AvgIpc) is 2.68. The van der Waals surface area contributed by atoms with Crippen LogP contribution in [0.3, 0.4) is 0 Å². The van der Waals surface area contributed by atoms with Crippen LogP contribution in [0.5, 0.6) is 5.75 Å². The van der Waals surface area contributed by atoms with Gasteiger partial charge in [-0.05, 0) is 11.6 Å². The summed E-state index contributed by atoms with van der Waals surface area (Å²) in [6.45, 7) is 3.46. The number of amides is 1. The third-order valence-electron chi connectivity index (χ3n) is 4.75. The van der Waals surface area contributed by atoms with E-state index in [4.69, 9.17) is 16.3 Å². The second-order valence-electron chi connectivity index (χ2n) is 7.14. The number of morpholine rings is 1. The number of hydrogen-bond donors (Lipinski definition) is 2. The fourth-order valence-corrected chi connectivity index (χ4v) is 3.60. The molecule has 0 aliphatic carbocycles. The molecule has 0 aromatic heterocycles. The van der Waals surface area contributed by atoms with Crippen molar-refractivity contribution >= 4 is 23.2 Å². The molecule has 1 aliphatic rings. The van der Waals surface area contributed by atoms with E-state index >= 15 is 0 Å². The van der Waals surface area contributed by atoms with Gasteiger partial charge in [-0.1, -0.05) is 41.9 Å². The second-order valence-corrected chi connectivity index (χ2v) is 7.55. The number of nitrogens with one attached hydrogen (secondary N) is 1. The fourth-order valence-electron chi connectivity index (χ4n) is 3.27. The van der Waals surface area contributed by atoms with Crippen LogP contribution in [0.25, 0.3) is 0 Å². The molecule has 1 amide bonds. The number of rotatable bonds is 6. The molecule has 7 heteroatoms. The first kappa shape index (κ1) is 20.5. The lowest BCUT2D eigenvalue weighted by molar-refractivity contribution is -0.0292. The number of halogens is 1. The van der Waals surface area contributed by atoms with Crippen LogP contribution in [-0.2, 0) is 11.3 Å². The lowest BCUT2D eigenvalue weighted by Gasteiger charge is -2.33. The number of ether oxygens (including phenoxy) is 1. The summed E-state index contributed by atoms with van der Waals surface area (Å²) in [5.74, 6) is -0.464. The number of phenols is 1. The Bertz CT molecular complexity index is 814. The van der Waals surface area contributed by atoms with E-state index in [0.717, 1.165) is 19.6 Å². The lowest BCUT2D eigenvalue weighted by Crippen LogP contribution is -2.47. The van der Waals surface area contributed by atoms with Gasteiger partial charge in [-0.25, -0.2) is 0 Å². The molecule has 0 saturated carbocycles. The number of benzene rings is 2. The smallest absolute Gasteiger partial charge is 0.255 e. The number of phenolic OH excluding ortho intramolecular Hbond substituents is 1. The SMILES string of the molecule is CN(C)c1cc(O)c(C(=O)NCC2CN(Cc3ccccc3)CCO2)cc1Cl. The summed E-state index contributed by atoms with van der Waals surface area (Å²) in [5.41, 5.74) is 2.07. The van der Waals surface area contributed by atoms with Crippen molar-refractivity contribution in [2.45, 2.75) is 12.6 Å². The highest BCUT2D eigenvalue weighted by atomic mass is 35.5. The highest BCUT2D eigenvalue weighted by molar-refractivity contribution is 6.33. The van der Waals surface area contributed by atoms with Gasteiger partial charge in [0.05, 0.1) is 29.0 Å². The Morgan fingerprint density at radius 1 is 1.32 bits per heavy atom. The van der Waals surface area contributed by atoms with Crippen molar-refractivity contribution in [3.05, 3.63) is 58.6 Å². The quantitative estimate of drug-likeness (QED) is 0.776. The van der Waals surface area contributed by atoms with Crippen LogP contribution in [-0.4, -0.2) is 62.4 Å². The van der Waals surface area contributed by atoms with Crippen LogP contribution < -0.4 is 10.2 Å². The minimum atomic E-state index is -0.367. The summed E-state index contributed by atoms with van der Waals surface area (Å²) >= 11 is 6.22. The molecular weight excluding hydrogens is 378 g/mol. The minimum Gasteiger partial charge on any atom is -0.507 e. The summed E-state index contributed by atoms with van der Waals surface area (Å²) in [4.78, 5) is 16.6. The third kappa shape index (κ3) is 5.16. The molecule has 1 heterocycles. The molecule has 1 saturated heterocycles. The number of anilines is 1. The zero-order valence-corrected chi connectivity index (χ0v) is 16.9. The topological polar surface area (TPSA) is 65.0 Å². The number of carbonyl (C=O) groups is 1. The van der Waals surface area contributed by atoms with Crippen LogP contribution in [0.15, 0.2) is 42.5 Å². The number of hydrogen-bond acceptors (Lipinski definition) is 5. The van der Waals surface area contributed by atoms with Gasteiger partial charge in [0.25, 0.3) is 5.91 Å². The van der Waals surface area contributed by atoms with Gasteiger partial charge in [0.2, 0.25) is 0 Å². The zero-order valence-electron chi connectivity index (χ0n) is 16.2. The van der Waals surface area contributed by atoms with Crippen molar-refractivity contribution in [1.82, 2.24) is 10.2 Å². The van der Waals surface area contributed by atoms with Gasteiger partial charge < -0.3 is 20.1 Å². The van der Waals surface area contributed by atoms with E-state index in [1.54, 1.807) is 4.90 Å². The highest BCUT2D eigenvalue weighted by Crippen LogP contribution is 2.31. The van der Waals surface area contributed by atoms with Crippen LogP contribution in [0.1, 0.15) is 15.9 Å². The Labute approximate surface area is 170 Å². The van der Waals surface area contributed by atoms with E-state index in [9.17, 15) is 9.90 Å². The summed E-state index contributed by atoms with van der Waals surface area (Å²) in [7, 11) is 3.64. The van der Waals surface area contributed by atoms with Gasteiger partial charge in [-0.2, -0.15) is 0 Å². The lowest BCUT2D eigenvalue weighted by atomic mass is 10.1. The van der Waals surface area contributed by atoms with Crippen molar-refractivity contribution in [2.24, 2.45) is 0 Å². The summed E-state index contributed by atoms with van der Waals surface area (Å²) < 4.78 is 5.79. The van der Waals surface area contributed by atoms with E-state index in [1.165, 1.54) is 17.7 Å². The molecule has 2 aromatic rings. The average molecular weight is 404 g/mol. The Balaban J connectivity index is 1.56. The Hall–Kier alpha value is -2.28. The number of aromatic hydroxyl groups is 1. The van der Waals surface area contributed by atoms with Crippen molar-refractivity contribution in [3.8, 4) is 5.75 Å². The zero-order chi connectivity index (χ0) is 20.1. The number of nitrogens with zero attached hydrogens (tertiary/aromatic N) is 2. The van der Waals surface area contributed by atoms with Gasteiger partial charge in [0.1, 0.15) is 5.75 Å². The third-order valence-corrected chi connectivity index (χ3v) is 5.06. The first-order valence-electron chi connectivity index (χ1n) is 9.30. The molecule has 2 aromatic carbocycles. The van der Waals surface area contributed by atoms with Gasteiger partial charge in [0.15, 0.2) is 0 Å². The minimum absolute atomic E-state index is 0.0964. The Morgan fingerprint density at radius 2 is 2.07 bits per heavy atom. The van der Waals surface area contributed by atoms with E-state index in [1.807, 2.05) is 32.3 Å².